The largest absolute Gasteiger partial charge is 0.506 e. The Morgan fingerprint density at radius 2 is 1.88 bits per heavy atom. The van der Waals surface area contributed by atoms with Crippen LogP contribution in [0.25, 0.3) is 0 Å². The van der Waals surface area contributed by atoms with Crippen LogP contribution in [-0.2, 0) is 6.42 Å². The lowest BCUT2D eigenvalue weighted by atomic mass is 10.2. The van der Waals surface area contributed by atoms with E-state index in [4.69, 9.17) is 5.11 Å². The first kappa shape index (κ1) is 14.9. The molecule has 0 amide bonds. The molecule has 0 aliphatic carbocycles. The van der Waals surface area contributed by atoms with Crippen molar-refractivity contribution < 1.29 is 5.11 Å². The van der Waals surface area contributed by atoms with Gasteiger partial charge in [-0.1, -0.05) is 20.8 Å². The van der Waals surface area contributed by atoms with Gasteiger partial charge in [0.05, 0.1) is 6.20 Å². The van der Waals surface area contributed by atoms with Crippen LogP contribution in [-0.4, -0.2) is 23.2 Å². The zero-order chi connectivity index (χ0) is 12.2. The Morgan fingerprint density at radius 3 is 2.19 bits per heavy atom. The number of hydrogen-bond donors (Lipinski definition) is 2. The van der Waals surface area contributed by atoms with Gasteiger partial charge in [-0.15, -0.1) is 0 Å². The van der Waals surface area contributed by atoms with Gasteiger partial charge in [0.1, 0.15) is 5.75 Å². The van der Waals surface area contributed by atoms with Crippen LogP contribution in [0.2, 0.25) is 0 Å². The minimum Gasteiger partial charge on any atom is -0.506 e. The van der Waals surface area contributed by atoms with Crippen LogP contribution in [0, 0.1) is 0 Å². The highest BCUT2D eigenvalue weighted by atomic mass is 16.3. The maximum Gasteiger partial charge on any atom is 0.134 e. The molecule has 2 rings (SSSR count). The molecule has 2 heterocycles. The van der Waals surface area contributed by atoms with Gasteiger partial charge >= 0.3 is 0 Å². The zero-order valence-electron chi connectivity index (χ0n) is 10.7. The number of aromatic hydroxyl groups is 1. The number of aryl methyl sites for hydroxylation is 1. The molecule has 0 bridgehead atoms. The lowest BCUT2D eigenvalue weighted by Crippen LogP contribution is -2.03. The molecular weight excluding hydrogens is 200 g/mol. The van der Waals surface area contributed by atoms with Gasteiger partial charge in [0, 0.05) is 6.20 Å². The van der Waals surface area contributed by atoms with E-state index in [1.165, 1.54) is 32.1 Å². The zero-order valence-corrected chi connectivity index (χ0v) is 10.7. The summed E-state index contributed by atoms with van der Waals surface area (Å²) in [5.74, 6) is 0.245. The second-order valence-electron chi connectivity index (χ2n) is 3.36. The van der Waals surface area contributed by atoms with Gasteiger partial charge in [0.25, 0.3) is 0 Å². The van der Waals surface area contributed by atoms with Crippen LogP contribution < -0.4 is 5.32 Å². The second-order valence-corrected chi connectivity index (χ2v) is 3.36. The number of hydrogen-bond acceptors (Lipinski definition) is 3. The summed E-state index contributed by atoms with van der Waals surface area (Å²) < 4.78 is 0. The number of nitrogens with zero attached hydrogens (tertiary/aromatic N) is 1. The summed E-state index contributed by atoms with van der Waals surface area (Å²) in [5.41, 5.74) is 1.06. The highest BCUT2D eigenvalue weighted by Gasteiger charge is 1.93. The van der Waals surface area contributed by atoms with Crippen molar-refractivity contribution in [1.29, 1.82) is 0 Å². The minimum atomic E-state index is 0.245. The first-order chi connectivity index (χ1) is 7.83. The van der Waals surface area contributed by atoms with E-state index in [9.17, 15) is 0 Å². The third-order valence-electron chi connectivity index (χ3n) is 2.15. The van der Waals surface area contributed by atoms with Crippen molar-refractivity contribution in [3.63, 3.8) is 0 Å². The first-order valence-electron chi connectivity index (χ1n) is 6.16. The SMILES string of the molecule is C1CCNC1.CC.CCc1cncc(O)c1. The van der Waals surface area contributed by atoms with E-state index < -0.39 is 0 Å². The molecular formula is C13H24N2O. The summed E-state index contributed by atoms with van der Waals surface area (Å²) in [5, 5.41) is 12.1. The molecule has 1 aliphatic rings. The molecule has 0 atom stereocenters. The molecule has 1 fully saturated rings. The van der Waals surface area contributed by atoms with E-state index in [2.05, 4.69) is 10.3 Å². The Hall–Kier alpha value is -1.09. The second kappa shape index (κ2) is 10.4. The number of pyridine rings is 1. The lowest BCUT2D eigenvalue weighted by molar-refractivity contribution is 0.472. The molecule has 0 spiro atoms. The van der Waals surface area contributed by atoms with Gasteiger partial charge in [0.2, 0.25) is 0 Å². The monoisotopic (exact) mass is 224 g/mol. The van der Waals surface area contributed by atoms with E-state index in [-0.39, 0.29) is 5.75 Å². The van der Waals surface area contributed by atoms with Crippen molar-refractivity contribution in [3.8, 4) is 5.75 Å². The van der Waals surface area contributed by atoms with Gasteiger partial charge in [0.15, 0.2) is 0 Å². The smallest absolute Gasteiger partial charge is 0.134 e. The molecule has 1 aromatic heterocycles. The molecule has 0 saturated carbocycles. The average molecular weight is 224 g/mol. The van der Waals surface area contributed by atoms with E-state index in [0.717, 1.165) is 12.0 Å². The van der Waals surface area contributed by atoms with Crippen LogP contribution in [0.15, 0.2) is 18.5 Å². The molecule has 1 aliphatic heterocycles. The van der Waals surface area contributed by atoms with E-state index in [1.807, 2.05) is 20.8 Å². The summed E-state index contributed by atoms with van der Waals surface area (Å²) in [6, 6.07) is 1.72. The maximum atomic E-state index is 8.88. The Kier molecular flexibility index (Phi) is 9.72. The quantitative estimate of drug-likeness (QED) is 0.771. The maximum absolute atomic E-state index is 8.88. The Labute approximate surface area is 98.9 Å². The van der Waals surface area contributed by atoms with Crippen molar-refractivity contribution in [2.45, 2.75) is 40.0 Å². The van der Waals surface area contributed by atoms with Crippen LogP contribution in [0.5, 0.6) is 5.75 Å². The van der Waals surface area contributed by atoms with E-state index >= 15 is 0 Å². The fraction of sp³-hybridized carbons (Fsp3) is 0.615. The van der Waals surface area contributed by atoms with Gasteiger partial charge in [-0.25, -0.2) is 0 Å². The molecule has 3 heteroatoms. The predicted molar refractivity (Wildman–Crippen MR) is 68.7 cm³/mol. The molecule has 0 unspecified atom stereocenters. The van der Waals surface area contributed by atoms with Gasteiger partial charge in [-0.05, 0) is 44.0 Å². The average Bonchev–Trinajstić information content (AvgIpc) is 2.90. The molecule has 0 aromatic carbocycles. The fourth-order valence-corrected chi connectivity index (χ4v) is 1.29. The normalized spacial score (nSPS) is 13.2. The number of aromatic nitrogens is 1. The summed E-state index contributed by atoms with van der Waals surface area (Å²) in [6.07, 6.45) is 6.88. The summed E-state index contributed by atoms with van der Waals surface area (Å²) >= 11 is 0. The van der Waals surface area contributed by atoms with Gasteiger partial charge < -0.3 is 10.4 Å². The lowest BCUT2D eigenvalue weighted by Gasteiger charge is -1.93. The van der Waals surface area contributed by atoms with E-state index in [1.54, 1.807) is 12.3 Å². The Bertz CT molecular complexity index is 252. The van der Waals surface area contributed by atoms with Crippen molar-refractivity contribution in [2.24, 2.45) is 0 Å². The third kappa shape index (κ3) is 7.23. The van der Waals surface area contributed by atoms with Crippen molar-refractivity contribution in [2.75, 3.05) is 13.1 Å². The van der Waals surface area contributed by atoms with Crippen LogP contribution in [0.4, 0.5) is 0 Å². The molecule has 3 nitrogen and oxygen atoms in total. The number of rotatable bonds is 1. The molecule has 1 aromatic rings. The Balaban J connectivity index is 0.000000272. The van der Waals surface area contributed by atoms with Crippen LogP contribution in [0.1, 0.15) is 39.2 Å². The minimum absolute atomic E-state index is 0.245. The third-order valence-corrected chi connectivity index (χ3v) is 2.15. The summed E-state index contributed by atoms with van der Waals surface area (Å²) in [4.78, 5) is 3.81. The first-order valence-corrected chi connectivity index (χ1v) is 6.16. The number of nitrogens with one attached hydrogen (secondary N) is 1. The molecule has 0 radical (unpaired) electrons. The fourth-order valence-electron chi connectivity index (χ4n) is 1.29. The topological polar surface area (TPSA) is 45.2 Å². The molecule has 92 valence electrons. The van der Waals surface area contributed by atoms with Gasteiger partial charge in [-0.2, -0.15) is 0 Å². The summed E-state index contributed by atoms with van der Waals surface area (Å²) in [7, 11) is 0. The molecule has 16 heavy (non-hydrogen) atoms. The molecule has 2 N–H and O–H groups in total. The van der Waals surface area contributed by atoms with Crippen molar-refractivity contribution >= 4 is 0 Å². The van der Waals surface area contributed by atoms with E-state index in [0.29, 0.717) is 0 Å². The van der Waals surface area contributed by atoms with Crippen molar-refractivity contribution in [3.05, 3.63) is 24.0 Å². The van der Waals surface area contributed by atoms with Gasteiger partial charge in [-0.3, -0.25) is 4.98 Å². The highest BCUT2D eigenvalue weighted by Crippen LogP contribution is 2.07. The van der Waals surface area contributed by atoms with Crippen LogP contribution >= 0.6 is 0 Å². The standard InChI is InChI=1S/C7H9NO.C4H9N.C2H6/c1-2-6-3-7(9)5-8-4-6;1-2-4-5-3-1;1-2/h3-5,9H,2H2,1H3;5H,1-4H2;1-2H3. The Morgan fingerprint density at radius 1 is 1.25 bits per heavy atom. The van der Waals surface area contributed by atoms with Crippen LogP contribution in [0.3, 0.4) is 0 Å². The predicted octanol–water partition coefficient (Wildman–Crippen LogP) is 2.75. The summed E-state index contributed by atoms with van der Waals surface area (Å²) in [6.45, 7) is 8.52. The molecule has 1 saturated heterocycles. The van der Waals surface area contributed by atoms with Crippen molar-refractivity contribution in [1.82, 2.24) is 10.3 Å². The highest BCUT2D eigenvalue weighted by molar-refractivity contribution is 5.21.